The maximum absolute atomic E-state index is 12.1. The molecule has 0 saturated carbocycles. The molecule has 2 heterocycles. The molecular formula is C21H29N3O3. The molecule has 6 heteroatoms. The fourth-order valence-electron chi connectivity index (χ4n) is 3.42. The number of nitrogens with one attached hydrogen (secondary N) is 1. The van der Waals surface area contributed by atoms with Crippen molar-refractivity contribution in [3.05, 3.63) is 46.8 Å². The van der Waals surface area contributed by atoms with Gasteiger partial charge in [0.05, 0.1) is 26.0 Å². The second-order valence-corrected chi connectivity index (χ2v) is 7.16. The summed E-state index contributed by atoms with van der Waals surface area (Å²) in [5.74, 6) is 0.899. The molecule has 1 aromatic carbocycles. The third-order valence-electron chi connectivity index (χ3n) is 4.90. The van der Waals surface area contributed by atoms with Crippen molar-refractivity contribution in [2.24, 2.45) is 0 Å². The highest BCUT2D eigenvalue weighted by Crippen LogP contribution is 2.24. The van der Waals surface area contributed by atoms with E-state index in [0.29, 0.717) is 25.6 Å². The lowest BCUT2D eigenvalue weighted by Crippen LogP contribution is -2.26. The Balaban J connectivity index is 1.48. The first-order valence-corrected chi connectivity index (χ1v) is 9.65. The molecule has 1 amide bonds. The second-order valence-electron chi connectivity index (χ2n) is 7.16. The molecule has 3 rings (SSSR count). The van der Waals surface area contributed by atoms with Gasteiger partial charge in [-0.2, -0.15) is 5.10 Å². The first-order chi connectivity index (χ1) is 13.1. The Morgan fingerprint density at radius 3 is 2.78 bits per heavy atom. The van der Waals surface area contributed by atoms with Gasteiger partial charge in [-0.15, -0.1) is 0 Å². The minimum atomic E-state index is 0.0687. The average molecular weight is 371 g/mol. The largest absolute Gasteiger partial charge is 0.497 e. The highest BCUT2D eigenvalue weighted by molar-refractivity contribution is 5.76. The van der Waals surface area contributed by atoms with E-state index >= 15 is 0 Å². The lowest BCUT2D eigenvalue weighted by atomic mass is 10.1. The predicted molar refractivity (Wildman–Crippen MR) is 104 cm³/mol. The van der Waals surface area contributed by atoms with E-state index < -0.39 is 0 Å². The fraction of sp³-hybridized carbons (Fsp3) is 0.524. The summed E-state index contributed by atoms with van der Waals surface area (Å²) < 4.78 is 12.9. The number of aryl methyl sites for hydroxylation is 1. The van der Waals surface area contributed by atoms with Gasteiger partial charge in [0, 0.05) is 43.1 Å². The minimum absolute atomic E-state index is 0.0687. The zero-order valence-electron chi connectivity index (χ0n) is 16.5. The molecule has 0 saturated heterocycles. The van der Waals surface area contributed by atoms with Gasteiger partial charge in [0.15, 0.2) is 0 Å². The van der Waals surface area contributed by atoms with Crippen molar-refractivity contribution in [2.75, 3.05) is 20.3 Å². The Labute approximate surface area is 160 Å². The van der Waals surface area contributed by atoms with Gasteiger partial charge in [-0.05, 0) is 38.0 Å². The third-order valence-corrected chi connectivity index (χ3v) is 4.90. The topological polar surface area (TPSA) is 65.4 Å². The Kier molecular flexibility index (Phi) is 6.50. The van der Waals surface area contributed by atoms with Crippen LogP contribution < -0.4 is 10.1 Å². The number of methoxy groups -OCH3 is 1. The van der Waals surface area contributed by atoms with Crippen LogP contribution in [-0.4, -0.2) is 35.9 Å². The van der Waals surface area contributed by atoms with Crippen LogP contribution in [0, 0.1) is 0 Å². The molecule has 0 aliphatic carbocycles. The number of ether oxygens (including phenoxy) is 2. The van der Waals surface area contributed by atoms with Crippen LogP contribution in [0.1, 0.15) is 48.8 Å². The van der Waals surface area contributed by atoms with Crippen molar-refractivity contribution in [1.29, 1.82) is 0 Å². The van der Waals surface area contributed by atoms with Gasteiger partial charge in [-0.3, -0.25) is 9.48 Å². The maximum atomic E-state index is 12.1. The van der Waals surface area contributed by atoms with E-state index in [-0.39, 0.29) is 5.91 Å². The van der Waals surface area contributed by atoms with Crippen LogP contribution in [0.15, 0.2) is 24.3 Å². The number of rotatable bonds is 8. The number of benzene rings is 1. The molecule has 0 atom stereocenters. The number of carbonyl (C=O) groups is 1. The van der Waals surface area contributed by atoms with E-state index in [1.807, 2.05) is 24.3 Å². The number of aromatic nitrogens is 2. The number of carbonyl (C=O) groups excluding carboxylic acids is 1. The molecule has 1 aromatic heterocycles. The van der Waals surface area contributed by atoms with Gasteiger partial charge < -0.3 is 14.8 Å². The molecule has 0 spiro atoms. The number of nitrogens with zero attached hydrogens (tertiary/aromatic N) is 2. The minimum Gasteiger partial charge on any atom is -0.497 e. The highest BCUT2D eigenvalue weighted by atomic mass is 16.5. The van der Waals surface area contributed by atoms with E-state index in [4.69, 9.17) is 14.6 Å². The quantitative estimate of drug-likeness (QED) is 0.775. The molecule has 1 N–H and O–H groups in total. The summed E-state index contributed by atoms with van der Waals surface area (Å²) in [6.07, 6.45) is 2.85. The first-order valence-electron chi connectivity index (χ1n) is 9.65. The smallest absolute Gasteiger partial charge is 0.220 e. The Morgan fingerprint density at radius 1 is 1.30 bits per heavy atom. The van der Waals surface area contributed by atoms with E-state index in [9.17, 15) is 4.79 Å². The fourth-order valence-corrected chi connectivity index (χ4v) is 3.42. The molecule has 6 nitrogen and oxygen atoms in total. The molecule has 0 fully saturated rings. The van der Waals surface area contributed by atoms with E-state index in [1.54, 1.807) is 7.11 Å². The first kappa shape index (κ1) is 19.4. The highest BCUT2D eigenvalue weighted by Gasteiger charge is 2.22. The standard InChI is InChI=1S/C21H29N3O3/c1-15(2)24-20-11-13-27-14-18(20)19(23-24)10-12-22-21(25)9-6-16-4-7-17(26-3)8-5-16/h4-5,7-8,15H,6,9-14H2,1-3H3,(H,22,25). The Morgan fingerprint density at radius 2 is 2.07 bits per heavy atom. The Bertz CT molecular complexity index is 766. The number of hydrogen-bond donors (Lipinski definition) is 1. The maximum Gasteiger partial charge on any atom is 0.220 e. The third kappa shape index (κ3) is 4.89. The number of hydrogen-bond acceptors (Lipinski definition) is 4. The zero-order chi connectivity index (χ0) is 19.2. The summed E-state index contributed by atoms with van der Waals surface area (Å²) in [6, 6.07) is 8.17. The van der Waals surface area contributed by atoms with Crippen molar-refractivity contribution in [1.82, 2.24) is 15.1 Å². The van der Waals surface area contributed by atoms with Crippen molar-refractivity contribution in [3.8, 4) is 5.75 Å². The molecule has 27 heavy (non-hydrogen) atoms. The SMILES string of the molecule is COc1ccc(CCC(=O)NCCc2nn(C(C)C)c3c2COCC3)cc1. The molecule has 0 radical (unpaired) electrons. The molecule has 1 aliphatic rings. The lowest BCUT2D eigenvalue weighted by Gasteiger charge is -2.16. The second kappa shape index (κ2) is 9.04. The van der Waals surface area contributed by atoms with Crippen LogP contribution in [0.4, 0.5) is 0 Å². The molecule has 0 bridgehead atoms. The van der Waals surface area contributed by atoms with Crippen molar-refractivity contribution in [3.63, 3.8) is 0 Å². The summed E-state index contributed by atoms with van der Waals surface area (Å²) in [7, 11) is 1.65. The van der Waals surface area contributed by atoms with Crippen LogP contribution in [-0.2, 0) is 35.4 Å². The van der Waals surface area contributed by atoms with Crippen LogP contribution in [0.3, 0.4) is 0 Å². The molecule has 0 unspecified atom stereocenters. The summed E-state index contributed by atoms with van der Waals surface area (Å²) >= 11 is 0. The van der Waals surface area contributed by atoms with Crippen LogP contribution in [0.5, 0.6) is 5.75 Å². The van der Waals surface area contributed by atoms with Gasteiger partial charge in [-0.25, -0.2) is 0 Å². The number of amides is 1. The van der Waals surface area contributed by atoms with E-state index in [1.165, 1.54) is 11.3 Å². The normalized spacial score (nSPS) is 13.5. The lowest BCUT2D eigenvalue weighted by molar-refractivity contribution is -0.121. The van der Waals surface area contributed by atoms with Crippen molar-refractivity contribution < 1.29 is 14.3 Å². The van der Waals surface area contributed by atoms with Gasteiger partial charge in [-0.1, -0.05) is 12.1 Å². The van der Waals surface area contributed by atoms with Crippen LogP contribution >= 0.6 is 0 Å². The monoisotopic (exact) mass is 371 g/mol. The molecular weight excluding hydrogens is 342 g/mol. The van der Waals surface area contributed by atoms with Crippen molar-refractivity contribution >= 4 is 5.91 Å². The Hall–Kier alpha value is -2.34. The van der Waals surface area contributed by atoms with E-state index in [0.717, 1.165) is 42.9 Å². The average Bonchev–Trinajstić information content (AvgIpc) is 3.06. The molecule has 2 aromatic rings. The van der Waals surface area contributed by atoms with Gasteiger partial charge in [0.25, 0.3) is 0 Å². The summed E-state index contributed by atoms with van der Waals surface area (Å²) in [6.45, 7) is 6.28. The summed E-state index contributed by atoms with van der Waals surface area (Å²) in [4.78, 5) is 12.1. The predicted octanol–water partition coefficient (Wildman–Crippen LogP) is 2.84. The van der Waals surface area contributed by atoms with Crippen molar-refractivity contribution in [2.45, 2.75) is 52.2 Å². The van der Waals surface area contributed by atoms with Gasteiger partial charge >= 0.3 is 0 Å². The van der Waals surface area contributed by atoms with Gasteiger partial charge in [0.2, 0.25) is 5.91 Å². The van der Waals surface area contributed by atoms with Gasteiger partial charge in [0.1, 0.15) is 5.75 Å². The van der Waals surface area contributed by atoms with Crippen LogP contribution in [0.25, 0.3) is 0 Å². The van der Waals surface area contributed by atoms with E-state index in [2.05, 4.69) is 23.8 Å². The van der Waals surface area contributed by atoms with Crippen LogP contribution in [0.2, 0.25) is 0 Å². The molecule has 1 aliphatic heterocycles. The number of fused-ring (bicyclic) bond motifs is 1. The molecule has 146 valence electrons. The zero-order valence-corrected chi connectivity index (χ0v) is 16.5. The summed E-state index contributed by atoms with van der Waals surface area (Å²) in [5.41, 5.74) is 4.68. The summed E-state index contributed by atoms with van der Waals surface area (Å²) in [5, 5.41) is 7.79.